The number of benzene rings is 1. The van der Waals surface area contributed by atoms with E-state index in [2.05, 4.69) is 5.32 Å². The van der Waals surface area contributed by atoms with E-state index >= 15 is 0 Å². The van der Waals surface area contributed by atoms with Gasteiger partial charge >= 0.3 is 5.97 Å². The van der Waals surface area contributed by atoms with Gasteiger partial charge in [0.05, 0.1) is 21.3 Å². The Hall–Kier alpha value is -2.70. The molecule has 7 nitrogen and oxygen atoms in total. The normalized spacial score (nSPS) is 11.7. The molecule has 0 aromatic heterocycles. The van der Waals surface area contributed by atoms with E-state index in [-0.39, 0.29) is 5.91 Å². The second-order valence-corrected chi connectivity index (χ2v) is 4.76. The maximum Gasteiger partial charge on any atom is 0.331 e. The molecule has 0 heterocycles. The fraction of sp³-hybridized carbons (Fsp3) is 0.412. The van der Waals surface area contributed by atoms with Gasteiger partial charge in [-0.1, -0.05) is 0 Å². The number of likely N-dealkylation sites (N-methyl/N-ethyl adjacent to an activating group) is 1. The minimum atomic E-state index is -0.866. The lowest BCUT2D eigenvalue weighted by molar-refractivity contribution is -0.150. The number of carbonyl (C=O) groups is 2. The van der Waals surface area contributed by atoms with Crippen molar-refractivity contribution in [3.63, 3.8) is 0 Å². The SMILES string of the molecule is CCNC(=O)[C@@H](C)OC(=O)/C=C/c1cc(OC)c(OC)cc1OC. The summed E-state index contributed by atoms with van der Waals surface area (Å²) >= 11 is 0. The molecule has 1 N–H and O–H groups in total. The second kappa shape index (κ2) is 9.44. The number of amides is 1. The number of nitrogens with one attached hydrogen (secondary N) is 1. The van der Waals surface area contributed by atoms with Gasteiger partial charge in [-0.2, -0.15) is 0 Å². The molecule has 0 spiro atoms. The van der Waals surface area contributed by atoms with Crippen LogP contribution >= 0.6 is 0 Å². The molecule has 0 radical (unpaired) electrons. The van der Waals surface area contributed by atoms with E-state index in [1.54, 1.807) is 19.1 Å². The lowest BCUT2D eigenvalue weighted by Gasteiger charge is -2.12. The minimum absolute atomic E-state index is 0.344. The van der Waals surface area contributed by atoms with Gasteiger partial charge in [-0.25, -0.2) is 4.79 Å². The standard InChI is InChI=1S/C17H23NO6/c1-6-18-17(20)11(2)24-16(19)8-7-12-9-14(22-4)15(23-5)10-13(12)21-3/h7-11H,6H2,1-5H3,(H,18,20)/b8-7+/t11-/m1/s1. The zero-order valence-corrected chi connectivity index (χ0v) is 14.5. The lowest BCUT2D eigenvalue weighted by atomic mass is 10.1. The molecule has 0 unspecified atom stereocenters. The van der Waals surface area contributed by atoms with Crippen molar-refractivity contribution < 1.29 is 28.5 Å². The number of carbonyl (C=O) groups excluding carboxylic acids is 2. The molecule has 132 valence electrons. The van der Waals surface area contributed by atoms with Gasteiger partial charge in [0.15, 0.2) is 17.6 Å². The highest BCUT2D eigenvalue weighted by Crippen LogP contribution is 2.35. The van der Waals surface area contributed by atoms with Crippen LogP contribution in [0.3, 0.4) is 0 Å². The van der Waals surface area contributed by atoms with Crippen molar-refractivity contribution in [3.05, 3.63) is 23.8 Å². The monoisotopic (exact) mass is 337 g/mol. The van der Waals surface area contributed by atoms with Crippen LogP contribution in [0.4, 0.5) is 0 Å². The number of rotatable bonds is 8. The summed E-state index contributed by atoms with van der Waals surface area (Å²) < 4.78 is 20.7. The number of hydrogen-bond donors (Lipinski definition) is 1. The summed E-state index contributed by atoms with van der Waals surface area (Å²) in [7, 11) is 4.54. The van der Waals surface area contributed by atoms with Crippen molar-refractivity contribution in [3.8, 4) is 17.2 Å². The number of hydrogen-bond acceptors (Lipinski definition) is 6. The van der Waals surface area contributed by atoms with Crippen molar-refractivity contribution in [1.29, 1.82) is 0 Å². The quantitative estimate of drug-likeness (QED) is 0.575. The second-order valence-electron chi connectivity index (χ2n) is 4.76. The van der Waals surface area contributed by atoms with E-state index < -0.39 is 12.1 Å². The Morgan fingerprint density at radius 1 is 1.08 bits per heavy atom. The summed E-state index contributed by atoms with van der Waals surface area (Å²) in [6.07, 6.45) is 1.88. The topological polar surface area (TPSA) is 83.1 Å². The molecule has 0 bridgehead atoms. The van der Waals surface area contributed by atoms with Gasteiger partial charge in [0, 0.05) is 24.3 Å². The van der Waals surface area contributed by atoms with E-state index in [1.807, 2.05) is 0 Å². The summed E-state index contributed by atoms with van der Waals surface area (Å²) in [5, 5.41) is 2.58. The van der Waals surface area contributed by atoms with Crippen molar-refractivity contribution in [2.75, 3.05) is 27.9 Å². The van der Waals surface area contributed by atoms with Crippen molar-refractivity contribution in [1.82, 2.24) is 5.32 Å². The maximum absolute atomic E-state index is 11.8. The van der Waals surface area contributed by atoms with Crippen LogP contribution < -0.4 is 19.5 Å². The van der Waals surface area contributed by atoms with Crippen molar-refractivity contribution in [2.24, 2.45) is 0 Å². The molecule has 1 aromatic carbocycles. The molecule has 0 aliphatic rings. The Morgan fingerprint density at radius 2 is 1.67 bits per heavy atom. The summed E-state index contributed by atoms with van der Waals surface area (Å²) in [5.41, 5.74) is 0.609. The molecule has 0 saturated heterocycles. The summed E-state index contributed by atoms with van der Waals surface area (Å²) in [6.45, 7) is 3.77. The highest BCUT2D eigenvalue weighted by Gasteiger charge is 2.15. The summed E-state index contributed by atoms with van der Waals surface area (Å²) in [5.74, 6) is 0.544. The molecular weight excluding hydrogens is 314 g/mol. The van der Waals surface area contributed by atoms with Gasteiger partial charge in [-0.05, 0) is 26.0 Å². The van der Waals surface area contributed by atoms with Gasteiger partial charge in [0.1, 0.15) is 5.75 Å². The predicted molar refractivity (Wildman–Crippen MR) is 89.4 cm³/mol. The van der Waals surface area contributed by atoms with Crippen molar-refractivity contribution >= 4 is 18.0 Å². The lowest BCUT2D eigenvalue weighted by Crippen LogP contribution is -2.35. The van der Waals surface area contributed by atoms with Crippen LogP contribution in [0.2, 0.25) is 0 Å². The Bertz CT molecular complexity index is 611. The molecule has 7 heteroatoms. The van der Waals surface area contributed by atoms with Gasteiger partial charge in [0.25, 0.3) is 5.91 Å². The Labute approximate surface area is 141 Å². The molecule has 1 atom stereocenters. The van der Waals surface area contributed by atoms with E-state index in [9.17, 15) is 9.59 Å². The predicted octanol–water partition coefficient (Wildman–Crippen LogP) is 1.79. The highest BCUT2D eigenvalue weighted by molar-refractivity contribution is 5.90. The third kappa shape index (κ3) is 5.19. The number of ether oxygens (including phenoxy) is 4. The third-order valence-corrected chi connectivity index (χ3v) is 3.15. The van der Waals surface area contributed by atoms with Crippen molar-refractivity contribution in [2.45, 2.75) is 20.0 Å². The highest BCUT2D eigenvalue weighted by atomic mass is 16.5. The van der Waals surface area contributed by atoms with Crippen LogP contribution in [0, 0.1) is 0 Å². The van der Waals surface area contributed by atoms with Crippen LogP contribution in [0.25, 0.3) is 6.08 Å². The van der Waals surface area contributed by atoms with E-state index in [1.165, 1.54) is 40.4 Å². The number of esters is 1. The first kappa shape index (κ1) is 19.3. The molecule has 0 fully saturated rings. The smallest absolute Gasteiger partial charge is 0.331 e. The maximum atomic E-state index is 11.8. The Morgan fingerprint density at radius 3 is 2.21 bits per heavy atom. The van der Waals surface area contributed by atoms with Crippen LogP contribution in [0.5, 0.6) is 17.2 Å². The summed E-state index contributed by atoms with van der Waals surface area (Å²) in [4.78, 5) is 23.4. The van der Waals surface area contributed by atoms with Gasteiger partial charge in [0.2, 0.25) is 0 Å². The average Bonchev–Trinajstić information content (AvgIpc) is 2.59. The molecule has 24 heavy (non-hydrogen) atoms. The van der Waals surface area contributed by atoms with Crippen LogP contribution in [-0.2, 0) is 14.3 Å². The minimum Gasteiger partial charge on any atom is -0.496 e. The molecule has 0 aliphatic heterocycles. The van der Waals surface area contributed by atoms with Gasteiger partial charge in [-0.3, -0.25) is 4.79 Å². The molecular formula is C17H23NO6. The molecule has 1 amide bonds. The fourth-order valence-electron chi connectivity index (χ4n) is 1.93. The first-order valence-corrected chi connectivity index (χ1v) is 7.43. The van der Waals surface area contributed by atoms with E-state index in [4.69, 9.17) is 18.9 Å². The zero-order valence-electron chi connectivity index (χ0n) is 14.5. The average molecular weight is 337 g/mol. The number of methoxy groups -OCH3 is 3. The zero-order chi connectivity index (χ0) is 18.1. The largest absolute Gasteiger partial charge is 0.496 e. The van der Waals surface area contributed by atoms with E-state index in [0.717, 1.165) is 0 Å². The fourth-order valence-corrected chi connectivity index (χ4v) is 1.93. The van der Waals surface area contributed by atoms with Crippen LogP contribution in [0.15, 0.2) is 18.2 Å². The van der Waals surface area contributed by atoms with Crippen LogP contribution in [-0.4, -0.2) is 45.9 Å². The van der Waals surface area contributed by atoms with Gasteiger partial charge in [-0.15, -0.1) is 0 Å². The molecule has 0 aliphatic carbocycles. The molecule has 0 saturated carbocycles. The Balaban J connectivity index is 2.89. The molecule has 1 aromatic rings. The van der Waals surface area contributed by atoms with E-state index in [0.29, 0.717) is 29.4 Å². The third-order valence-electron chi connectivity index (χ3n) is 3.15. The first-order chi connectivity index (χ1) is 11.5. The van der Waals surface area contributed by atoms with Crippen LogP contribution in [0.1, 0.15) is 19.4 Å². The first-order valence-electron chi connectivity index (χ1n) is 7.43. The summed E-state index contributed by atoms with van der Waals surface area (Å²) in [6, 6.07) is 3.33. The van der Waals surface area contributed by atoms with Gasteiger partial charge < -0.3 is 24.3 Å². The molecule has 1 rings (SSSR count). The Kier molecular flexibility index (Phi) is 7.61.